The number of likely N-dealkylation sites (tertiary alicyclic amines) is 1. The molecule has 1 atom stereocenters. The smallest absolute Gasteiger partial charge is 0.410 e. The molecule has 0 N–H and O–H groups in total. The number of amides is 1. The molecule has 1 aliphatic heterocycles. The number of aromatic nitrogens is 2. The van der Waals surface area contributed by atoms with Crippen molar-refractivity contribution in [2.24, 2.45) is 5.92 Å². The van der Waals surface area contributed by atoms with Crippen molar-refractivity contribution in [3.05, 3.63) is 64.4 Å². The molecule has 8 heteroatoms. The Morgan fingerprint density at radius 1 is 1.21 bits per heavy atom. The van der Waals surface area contributed by atoms with Crippen molar-refractivity contribution in [3.8, 4) is 11.8 Å². The molecule has 2 aromatic carbocycles. The van der Waals surface area contributed by atoms with Crippen molar-refractivity contribution in [1.82, 2.24) is 14.5 Å². The maximum Gasteiger partial charge on any atom is 0.410 e. The fourth-order valence-corrected chi connectivity index (χ4v) is 5.14. The quantitative estimate of drug-likeness (QED) is 0.389. The van der Waals surface area contributed by atoms with Crippen molar-refractivity contribution in [2.45, 2.75) is 44.4 Å². The van der Waals surface area contributed by atoms with Gasteiger partial charge in [-0.15, -0.1) is 0 Å². The van der Waals surface area contributed by atoms with Crippen LogP contribution in [0.3, 0.4) is 0 Å². The molecule has 3 aromatic rings. The normalized spacial score (nSPS) is 16.3. The lowest BCUT2D eigenvalue weighted by Gasteiger charge is -2.34. The monoisotopic (exact) mass is 476 g/mol. The van der Waals surface area contributed by atoms with Crippen LogP contribution in [-0.2, 0) is 4.74 Å². The lowest BCUT2D eigenvalue weighted by molar-refractivity contribution is 0.0177. The van der Waals surface area contributed by atoms with Crippen LogP contribution in [0, 0.1) is 17.2 Å². The summed E-state index contributed by atoms with van der Waals surface area (Å²) >= 11 is 1.52. The summed E-state index contributed by atoms with van der Waals surface area (Å²) in [4.78, 5) is 32.5. The summed E-state index contributed by atoms with van der Waals surface area (Å²) in [6, 6.07) is 16.4. The van der Waals surface area contributed by atoms with E-state index < -0.39 is 5.60 Å². The van der Waals surface area contributed by atoms with Crippen molar-refractivity contribution in [3.63, 3.8) is 0 Å². The minimum atomic E-state index is -0.523. The predicted octanol–water partition coefficient (Wildman–Crippen LogP) is 5.00. The van der Waals surface area contributed by atoms with E-state index >= 15 is 0 Å². The Kier molecular flexibility index (Phi) is 6.94. The van der Waals surface area contributed by atoms with E-state index in [0.717, 1.165) is 18.6 Å². The third-order valence-electron chi connectivity index (χ3n) is 5.62. The third-order valence-corrected chi connectivity index (χ3v) is 6.79. The Balaban J connectivity index is 1.59. The maximum absolute atomic E-state index is 13.4. The molecule has 0 unspecified atom stereocenters. The summed E-state index contributed by atoms with van der Waals surface area (Å²) in [5.74, 6) is 0.990. The molecule has 7 nitrogen and oxygen atoms in total. The van der Waals surface area contributed by atoms with Crippen LogP contribution in [0.25, 0.3) is 16.6 Å². The molecule has 1 aromatic heterocycles. The van der Waals surface area contributed by atoms with Gasteiger partial charge < -0.3 is 9.64 Å². The van der Waals surface area contributed by atoms with E-state index in [1.54, 1.807) is 39.8 Å². The minimum absolute atomic E-state index is 0.142. The van der Waals surface area contributed by atoms with Crippen LogP contribution in [0.15, 0.2) is 58.5 Å². The van der Waals surface area contributed by atoms with E-state index in [-0.39, 0.29) is 17.6 Å². The summed E-state index contributed by atoms with van der Waals surface area (Å²) in [5, 5.41) is 10.3. The first kappa shape index (κ1) is 23.8. The highest BCUT2D eigenvalue weighted by atomic mass is 32.2. The fraction of sp³-hybridized carbons (Fsp3) is 0.385. The number of para-hydroxylation sites is 1. The summed E-state index contributed by atoms with van der Waals surface area (Å²) in [6.45, 7) is 6.93. The van der Waals surface area contributed by atoms with E-state index in [2.05, 4.69) is 6.07 Å². The number of hydrogen-bond donors (Lipinski definition) is 0. The average molecular weight is 477 g/mol. The first-order chi connectivity index (χ1) is 16.2. The zero-order chi connectivity index (χ0) is 24.3. The van der Waals surface area contributed by atoms with E-state index in [9.17, 15) is 9.59 Å². The number of benzene rings is 2. The van der Waals surface area contributed by atoms with Gasteiger partial charge in [-0.25, -0.2) is 9.78 Å². The fourth-order valence-electron chi connectivity index (χ4n) is 4.01. The second-order valence-corrected chi connectivity index (χ2v) is 10.4. The van der Waals surface area contributed by atoms with Gasteiger partial charge in [-0.05, 0) is 75.9 Å². The van der Waals surface area contributed by atoms with Gasteiger partial charge in [0.05, 0.1) is 28.2 Å². The predicted molar refractivity (Wildman–Crippen MR) is 133 cm³/mol. The number of ether oxygens (including phenoxy) is 1. The highest BCUT2D eigenvalue weighted by Crippen LogP contribution is 2.28. The molecule has 34 heavy (non-hydrogen) atoms. The topological polar surface area (TPSA) is 88.2 Å². The van der Waals surface area contributed by atoms with Gasteiger partial charge in [0.25, 0.3) is 5.56 Å². The molecular formula is C26H28N4O3S. The largest absolute Gasteiger partial charge is 0.444 e. The molecule has 0 radical (unpaired) electrons. The number of carbonyl (C=O) groups excluding carboxylic acids is 1. The molecule has 0 saturated carbocycles. The third kappa shape index (κ3) is 5.42. The van der Waals surface area contributed by atoms with Gasteiger partial charge in [-0.1, -0.05) is 23.9 Å². The first-order valence-electron chi connectivity index (χ1n) is 11.4. The van der Waals surface area contributed by atoms with Crippen LogP contribution in [0.2, 0.25) is 0 Å². The van der Waals surface area contributed by atoms with Crippen LogP contribution < -0.4 is 5.56 Å². The van der Waals surface area contributed by atoms with E-state index in [4.69, 9.17) is 15.0 Å². The molecule has 1 saturated heterocycles. The lowest BCUT2D eigenvalue weighted by atomic mass is 10.0. The number of nitriles is 1. The van der Waals surface area contributed by atoms with E-state index in [1.165, 1.54) is 11.8 Å². The Hall–Kier alpha value is -3.31. The minimum Gasteiger partial charge on any atom is -0.444 e. The molecule has 0 aliphatic carbocycles. The molecule has 2 heterocycles. The van der Waals surface area contributed by atoms with Crippen molar-refractivity contribution >= 4 is 28.8 Å². The highest BCUT2D eigenvalue weighted by molar-refractivity contribution is 7.99. The van der Waals surface area contributed by atoms with Crippen molar-refractivity contribution in [1.29, 1.82) is 5.26 Å². The van der Waals surface area contributed by atoms with Crippen LogP contribution in [0.4, 0.5) is 4.79 Å². The maximum atomic E-state index is 13.4. The Bertz CT molecular complexity index is 1290. The van der Waals surface area contributed by atoms with Gasteiger partial charge in [0.15, 0.2) is 5.16 Å². The van der Waals surface area contributed by atoms with Crippen LogP contribution in [0.5, 0.6) is 0 Å². The van der Waals surface area contributed by atoms with Crippen molar-refractivity contribution < 1.29 is 9.53 Å². The van der Waals surface area contributed by atoms with Gasteiger partial charge in [0.1, 0.15) is 5.60 Å². The van der Waals surface area contributed by atoms with E-state index in [1.807, 2.05) is 39.0 Å². The molecular weight excluding hydrogens is 448 g/mol. The molecule has 1 fully saturated rings. The molecule has 176 valence electrons. The van der Waals surface area contributed by atoms with E-state index in [0.29, 0.717) is 40.4 Å². The Morgan fingerprint density at radius 3 is 2.65 bits per heavy atom. The first-order valence-corrected chi connectivity index (χ1v) is 12.4. The molecule has 0 spiro atoms. The number of thioether (sulfide) groups is 1. The summed E-state index contributed by atoms with van der Waals surface area (Å²) in [5.41, 5.74) is 1.19. The number of hydrogen-bond acceptors (Lipinski definition) is 6. The number of fused-ring (bicyclic) bond motifs is 1. The van der Waals surface area contributed by atoms with Gasteiger partial charge in [-0.2, -0.15) is 5.26 Å². The summed E-state index contributed by atoms with van der Waals surface area (Å²) in [7, 11) is 0. The molecule has 4 rings (SSSR count). The SMILES string of the molecule is CC(C)(C)OC(=O)N1CCC[C@H](CSc2nc3ccccc3c(=O)n2-c2ccc(C#N)cc2)C1. The zero-order valence-electron chi connectivity index (χ0n) is 19.7. The second-order valence-electron chi connectivity index (χ2n) is 9.46. The second kappa shape index (κ2) is 9.90. The highest BCUT2D eigenvalue weighted by Gasteiger charge is 2.28. The number of piperidine rings is 1. The summed E-state index contributed by atoms with van der Waals surface area (Å²) < 4.78 is 7.16. The Morgan fingerprint density at radius 2 is 1.94 bits per heavy atom. The Labute approximate surface area is 203 Å². The molecule has 1 amide bonds. The van der Waals surface area contributed by atoms with Gasteiger partial charge in [-0.3, -0.25) is 9.36 Å². The van der Waals surface area contributed by atoms with Gasteiger partial charge >= 0.3 is 6.09 Å². The van der Waals surface area contributed by atoms with Crippen LogP contribution in [-0.4, -0.2) is 45.0 Å². The molecule has 1 aliphatic rings. The van der Waals surface area contributed by atoms with Gasteiger partial charge in [0.2, 0.25) is 0 Å². The van der Waals surface area contributed by atoms with Crippen LogP contribution in [0.1, 0.15) is 39.2 Å². The van der Waals surface area contributed by atoms with Crippen LogP contribution >= 0.6 is 11.8 Å². The summed E-state index contributed by atoms with van der Waals surface area (Å²) in [6.07, 6.45) is 1.64. The number of nitrogens with zero attached hydrogens (tertiary/aromatic N) is 4. The number of rotatable bonds is 4. The molecule has 0 bridgehead atoms. The lowest BCUT2D eigenvalue weighted by Crippen LogP contribution is -2.43. The number of carbonyl (C=O) groups is 1. The zero-order valence-corrected chi connectivity index (χ0v) is 20.5. The standard InChI is InChI=1S/C26H28N4O3S/c1-26(2,3)33-25(32)29-14-6-7-19(16-29)17-34-24-28-22-9-5-4-8-21(22)23(31)30(24)20-12-10-18(15-27)11-13-20/h4-5,8-13,19H,6-7,14,16-17H2,1-3H3/t19-/m0/s1. The average Bonchev–Trinajstić information content (AvgIpc) is 2.82. The van der Waals surface area contributed by atoms with Crippen molar-refractivity contribution in [2.75, 3.05) is 18.8 Å². The van der Waals surface area contributed by atoms with Gasteiger partial charge in [0, 0.05) is 18.8 Å².